The Morgan fingerprint density at radius 1 is 1.45 bits per heavy atom. The van der Waals surface area contributed by atoms with E-state index >= 15 is 0 Å². The Morgan fingerprint density at radius 3 is 2.90 bits per heavy atom. The van der Waals surface area contributed by atoms with Crippen molar-refractivity contribution in [2.75, 3.05) is 5.32 Å². The minimum Gasteiger partial charge on any atom is -0.508 e. The first-order valence-corrected chi connectivity index (χ1v) is 5.81. The zero-order valence-electron chi connectivity index (χ0n) is 10.4. The number of phenols is 1. The fourth-order valence-electron chi connectivity index (χ4n) is 1.60. The number of hydrogen-bond acceptors (Lipinski definition) is 5. The number of carbonyl (C=O) groups excluding carboxylic acids is 1. The number of aryl methyl sites for hydroxylation is 1. The van der Waals surface area contributed by atoms with Crippen molar-refractivity contribution in [1.82, 2.24) is 9.78 Å². The Hall–Kier alpha value is -2.90. The zero-order valence-corrected chi connectivity index (χ0v) is 10.4. The van der Waals surface area contributed by atoms with Crippen LogP contribution in [0.1, 0.15) is 6.42 Å². The molecule has 2 N–H and O–H groups in total. The van der Waals surface area contributed by atoms with Gasteiger partial charge in [-0.1, -0.05) is 6.07 Å². The number of benzene rings is 1. The molecule has 20 heavy (non-hydrogen) atoms. The van der Waals surface area contributed by atoms with Gasteiger partial charge in [0.25, 0.3) is 0 Å². The molecule has 0 aliphatic rings. The highest BCUT2D eigenvalue weighted by molar-refractivity contribution is 5.90. The van der Waals surface area contributed by atoms with Crippen LogP contribution in [0.15, 0.2) is 36.5 Å². The number of hydrogen-bond donors (Lipinski definition) is 2. The minimum absolute atomic E-state index is 0.0606. The van der Waals surface area contributed by atoms with Gasteiger partial charge in [-0.15, -0.1) is 0 Å². The molecule has 0 unspecified atom stereocenters. The molecule has 0 saturated carbocycles. The van der Waals surface area contributed by atoms with Crippen LogP contribution in [0.5, 0.6) is 5.75 Å². The van der Waals surface area contributed by atoms with E-state index in [1.807, 2.05) is 0 Å². The van der Waals surface area contributed by atoms with E-state index in [1.54, 1.807) is 12.1 Å². The Balaban J connectivity index is 1.87. The fourth-order valence-corrected chi connectivity index (χ4v) is 1.60. The van der Waals surface area contributed by atoms with Crippen molar-refractivity contribution in [2.24, 2.45) is 0 Å². The second-order valence-electron chi connectivity index (χ2n) is 4.04. The fraction of sp³-hybridized carbons (Fsp3) is 0.167. The van der Waals surface area contributed by atoms with Gasteiger partial charge in [-0.05, 0) is 17.1 Å². The predicted molar refractivity (Wildman–Crippen MR) is 70.2 cm³/mol. The van der Waals surface area contributed by atoms with Crippen LogP contribution in [0.4, 0.5) is 11.5 Å². The number of nitro groups is 1. The van der Waals surface area contributed by atoms with Crippen LogP contribution in [0.2, 0.25) is 0 Å². The lowest BCUT2D eigenvalue weighted by atomic mass is 10.3. The van der Waals surface area contributed by atoms with E-state index in [-0.39, 0.29) is 30.4 Å². The van der Waals surface area contributed by atoms with Crippen molar-refractivity contribution in [1.29, 1.82) is 0 Å². The van der Waals surface area contributed by atoms with Crippen LogP contribution < -0.4 is 5.32 Å². The van der Waals surface area contributed by atoms with Gasteiger partial charge in [0.2, 0.25) is 5.91 Å². The van der Waals surface area contributed by atoms with Crippen LogP contribution in [-0.2, 0) is 11.3 Å². The summed E-state index contributed by atoms with van der Waals surface area (Å²) in [5.74, 6) is -0.461. The molecule has 1 aromatic heterocycles. The smallest absolute Gasteiger partial charge is 0.389 e. The Bertz CT molecular complexity index is 638. The Morgan fingerprint density at radius 2 is 2.25 bits per heavy atom. The molecule has 2 rings (SSSR count). The molecule has 1 aromatic carbocycles. The van der Waals surface area contributed by atoms with E-state index < -0.39 is 4.92 Å². The molecule has 0 radical (unpaired) electrons. The van der Waals surface area contributed by atoms with E-state index in [1.165, 1.54) is 29.1 Å². The molecule has 8 heteroatoms. The zero-order chi connectivity index (χ0) is 14.5. The van der Waals surface area contributed by atoms with Crippen LogP contribution in [0, 0.1) is 10.1 Å². The normalized spacial score (nSPS) is 10.2. The molecule has 104 valence electrons. The molecule has 0 aliphatic heterocycles. The molecule has 0 atom stereocenters. The second kappa shape index (κ2) is 5.83. The van der Waals surface area contributed by atoms with Crippen molar-refractivity contribution in [3.63, 3.8) is 0 Å². The summed E-state index contributed by atoms with van der Waals surface area (Å²) >= 11 is 0. The summed E-state index contributed by atoms with van der Waals surface area (Å²) in [6.45, 7) is 0.235. The predicted octanol–water partition coefficient (Wildman–Crippen LogP) is 1.53. The first-order chi connectivity index (χ1) is 9.54. The summed E-state index contributed by atoms with van der Waals surface area (Å²) in [5.41, 5.74) is 0.487. The third kappa shape index (κ3) is 3.55. The average Bonchev–Trinajstić information content (AvgIpc) is 2.85. The lowest BCUT2D eigenvalue weighted by Gasteiger charge is -2.04. The first kappa shape index (κ1) is 13.5. The summed E-state index contributed by atoms with van der Waals surface area (Å²) in [5, 5.41) is 26.0. The highest BCUT2D eigenvalue weighted by Gasteiger charge is 2.11. The van der Waals surface area contributed by atoms with Crippen molar-refractivity contribution >= 4 is 17.4 Å². The summed E-state index contributed by atoms with van der Waals surface area (Å²) in [6.07, 6.45) is 1.56. The summed E-state index contributed by atoms with van der Waals surface area (Å²) < 4.78 is 1.33. The second-order valence-corrected chi connectivity index (χ2v) is 4.04. The molecule has 0 bridgehead atoms. The number of nitrogens with one attached hydrogen (secondary N) is 1. The molecule has 0 fully saturated rings. The Labute approximate surface area is 113 Å². The van der Waals surface area contributed by atoms with E-state index in [0.717, 1.165) is 0 Å². The van der Waals surface area contributed by atoms with Crippen molar-refractivity contribution in [3.05, 3.63) is 46.6 Å². The molecule has 0 saturated heterocycles. The number of amides is 1. The van der Waals surface area contributed by atoms with Gasteiger partial charge in [0, 0.05) is 18.2 Å². The molecule has 2 aromatic rings. The number of nitrogens with zero attached hydrogens (tertiary/aromatic N) is 3. The molecule has 0 spiro atoms. The molecule has 1 heterocycles. The topological polar surface area (TPSA) is 110 Å². The van der Waals surface area contributed by atoms with Gasteiger partial charge in [-0.3, -0.25) is 4.79 Å². The maximum atomic E-state index is 11.7. The number of phenolic OH excluding ortho intramolecular Hbond substituents is 1. The number of aromatic hydroxyl groups is 1. The molecule has 0 aliphatic carbocycles. The van der Waals surface area contributed by atoms with E-state index in [4.69, 9.17) is 0 Å². The summed E-state index contributed by atoms with van der Waals surface area (Å²) in [7, 11) is 0. The van der Waals surface area contributed by atoms with E-state index in [9.17, 15) is 20.0 Å². The molecular formula is C12H12N4O4. The van der Waals surface area contributed by atoms with Crippen LogP contribution in [-0.4, -0.2) is 25.7 Å². The van der Waals surface area contributed by atoms with Crippen LogP contribution in [0.3, 0.4) is 0 Å². The van der Waals surface area contributed by atoms with Crippen molar-refractivity contribution < 1.29 is 14.8 Å². The standard InChI is InChI=1S/C12H12N4O4/c17-10-3-1-2-9(8-10)13-12(18)5-7-15-6-4-11(14-15)16(19)20/h1-4,6,8,17H,5,7H2,(H,13,18). The number of aromatic nitrogens is 2. The summed E-state index contributed by atoms with van der Waals surface area (Å²) in [4.78, 5) is 21.5. The third-order valence-electron chi connectivity index (χ3n) is 2.51. The highest BCUT2D eigenvalue weighted by Crippen LogP contribution is 2.15. The van der Waals surface area contributed by atoms with Crippen molar-refractivity contribution in [2.45, 2.75) is 13.0 Å². The number of rotatable bonds is 5. The van der Waals surface area contributed by atoms with Gasteiger partial charge in [0.15, 0.2) is 0 Å². The lowest BCUT2D eigenvalue weighted by molar-refractivity contribution is -0.389. The summed E-state index contributed by atoms with van der Waals surface area (Å²) in [6, 6.07) is 7.46. The largest absolute Gasteiger partial charge is 0.508 e. The molecule has 1 amide bonds. The van der Waals surface area contributed by atoms with Crippen LogP contribution >= 0.6 is 0 Å². The van der Waals surface area contributed by atoms with Gasteiger partial charge in [0.05, 0.1) is 23.9 Å². The maximum Gasteiger partial charge on any atom is 0.389 e. The number of carbonyl (C=O) groups is 1. The van der Waals surface area contributed by atoms with Crippen LogP contribution in [0.25, 0.3) is 0 Å². The van der Waals surface area contributed by atoms with Gasteiger partial charge >= 0.3 is 5.82 Å². The molecule has 8 nitrogen and oxygen atoms in total. The van der Waals surface area contributed by atoms with Gasteiger partial charge in [0.1, 0.15) is 5.75 Å². The van der Waals surface area contributed by atoms with Gasteiger partial charge in [-0.2, -0.15) is 4.68 Å². The Kier molecular flexibility index (Phi) is 3.94. The SMILES string of the molecule is O=C(CCn1ccc([N+](=O)[O-])n1)Nc1cccc(O)c1. The van der Waals surface area contributed by atoms with E-state index in [2.05, 4.69) is 10.4 Å². The molecular weight excluding hydrogens is 264 g/mol. The quantitative estimate of drug-likeness (QED) is 0.635. The maximum absolute atomic E-state index is 11.7. The first-order valence-electron chi connectivity index (χ1n) is 5.81. The highest BCUT2D eigenvalue weighted by atomic mass is 16.6. The monoisotopic (exact) mass is 276 g/mol. The lowest BCUT2D eigenvalue weighted by Crippen LogP contribution is -2.14. The van der Waals surface area contributed by atoms with Gasteiger partial charge in [-0.25, -0.2) is 0 Å². The van der Waals surface area contributed by atoms with Gasteiger partial charge < -0.3 is 20.5 Å². The van der Waals surface area contributed by atoms with Crippen molar-refractivity contribution in [3.8, 4) is 5.75 Å². The third-order valence-corrected chi connectivity index (χ3v) is 2.51. The average molecular weight is 276 g/mol. The van der Waals surface area contributed by atoms with E-state index in [0.29, 0.717) is 5.69 Å². The number of anilines is 1. The minimum atomic E-state index is -0.594.